The molecule has 1 aliphatic carbocycles. The first-order valence-corrected chi connectivity index (χ1v) is 10.1. The molecule has 1 aliphatic rings. The number of primary sulfonamides is 1. The lowest BCUT2D eigenvalue weighted by Gasteiger charge is -2.08. The summed E-state index contributed by atoms with van der Waals surface area (Å²) in [5, 5.41) is 5.15. The third-order valence-electron chi connectivity index (χ3n) is 4.77. The predicted molar refractivity (Wildman–Crippen MR) is 108 cm³/mol. The lowest BCUT2D eigenvalue weighted by molar-refractivity contribution is -0.139. The molecule has 0 atom stereocenters. The predicted octanol–water partition coefficient (Wildman–Crippen LogP) is 3.23. The molecule has 2 N–H and O–H groups in total. The molecule has 0 aliphatic heterocycles. The first-order valence-electron chi connectivity index (χ1n) is 8.55. The van der Waals surface area contributed by atoms with E-state index in [1.165, 1.54) is 19.2 Å². The van der Waals surface area contributed by atoms with Crippen molar-refractivity contribution in [1.82, 2.24) is 0 Å². The third-order valence-corrected chi connectivity index (χ3v) is 5.70. The van der Waals surface area contributed by atoms with Crippen molar-refractivity contribution >= 4 is 33.2 Å². The molecule has 0 fully saturated rings. The number of nitrogens with two attached hydrogens (primary N) is 1. The lowest BCUT2D eigenvalue weighted by Crippen LogP contribution is -2.11. The maximum absolute atomic E-state index is 11.9. The van der Waals surface area contributed by atoms with Crippen molar-refractivity contribution in [3.05, 3.63) is 64.7 Å². The highest BCUT2D eigenvalue weighted by atomic mass is 32.2. The molecule has 7 heteroatoms. The summed E-state index contributed by atoms with van der Waals surface area (Å²) in [7, 11) is -0.776. The summed E-state index contributed by atoms with van der Waals surface area (Å²) in [5.74, 6) is 0.384. The van der Waals surface area contributed by atoms with Gasteiger partial charge in [-0.3, -0.25) is 4.79 Å². The van der Waals surface area contributed by atoms with E-state index in [0.717, 1.165) is 33.4 Å². The molecule has 0 saturated heterocycles. The lowest BCUT2D eigenvalue weighted by atomic mass is 10.0. The quantitative estimate of drug-likeness (QED) is 0.779. The van der Waals surface area contributed by atoms with Gasteiger partial charge in [0.15, 0.2) is 0 Å². The highest BCUT2D eigenvalue weighted by Crippen LogP contribution is 2.44. The van der Waals surface area contributed by atoms with Gasteiger partial charge in [0.25, 0.3) is 0 Å². The molecule has 146 valence electrons. The van der Waals surface area contributed by atoms with Crippen LogP contribution in [0.1, 0.15) is 30.0 Å². The first-order chi connectivity index (χ1) is 13.2. The summed E-state index contributed by atoms with van der Waals surface area (Å²) in [4.78, 5) is 12.0. The highest BCUT2D eigenvalue weighted by Gasteiger charge is 2.26. The van der Waals surface area contributed by atoms with Crippen LogP contribution in [-0.2, 0) is 19.6 Å². The number of sulfonamides is 1. The molecular weight excluding hydrogens is 378 g/mol. The van der Waals surface area contributed by atoms with E-state index in [-0.39, 0.29) is 17.3 Å². The number of benzene rings is 2. The Hall–Kier alpha value is -2.90. The van der Waals surface area contributed by atoms with Gasteiger partial charge in [0.05, 0.1) is 25.5 Å². The first kappa shape index (κ1) is 19.9. The Morgan fingerprint density at radius 1 is 1.07 bits per heavy atom. The average Bonchev–Trinajstić information content (AvgIpc) is 2.92. The summed E-state index contributed by atoms with van der Waals surface area (Å²) < 4.78 is 33.0. The zero-order valence-electron chi connectivity index (χ0n) is 15.9. The largest absolute Gasteiger partial charge is 0.497 e. The molecule has 0 saturated carbocycles. The minimum atomic E-state index is -3.73. The molecule has 6 nitrogen and oxygen atoms in total. The summed E-state index contributed by atoms with van der Waals surface area (Å²) in [6, 6.07) is 12.1. The Labute approximate surface area is 164 Å². The number of carbonyl (C=O) groups is 1. The normalized spacial score (nSPS) is 14.9. The van der Waals surface area contributed by atoms with Crippen molar-refractivity contribution in [3.63, 3.8) is 0 Å². The van der Waals surface area contributed by atoms with Crippen LogP contribution >= 0.6 is 0 Å². The second kappa shape index (κ2) is 7.61. The van der Waals surface area contributed by atoms with E-state index >= 15 is 0 Å². The van der Waals surface area contributed by atoms with Crippen molar-refractivity contribution in [1.29, 1.82) is 0 Å². The van der Waals surface area contributed by atoms with Gasteiger partial charge in [0, 0.05) is 0 Å². The Kier molecular flexibility index (Phi) is 5.40. The van der Waals surface area contributed by atoms with E-state index in [0.29, 0.717) is 5.75 Å². The molecule has 2 aromatic rings. The summed E-state index contributed by atoms with van der Waals surface area (Å²) in [6.07, 6.45) is 2.11. The third kappa shape index (κ3) is 3.85. The van der Waals surface area contributed by atoms with Crippen molar-refractivity contribution in [3.8, 4) is 5.75 Å². The smallest absolute Gasteiger partial charge is 0.310 e. The maximum Gasteiger partial charge on any atom is 0.310 e. The molecule has 0 aromatic heterocycles. The SMILES string of the molecule is COC(=O)CC1=C(C)C(=Cc2ccc(S(N)(=O)=O)cc2)c2ccc(OC)cc21. The second-order valence-corrected chi connectivity index (χ2v) is 8.00. The molecule has 0 bridgehead atoms. The topological polar surface area (TPSA) is 95.7 Å². The van der Waals surface area contributed by atoms with E-state index in [9.17, 15) is 13.2 Å². The number of carbonyl (C=O) groups excluding carboxylic acids is 1. The summed E-state index contributed by atoms with van der Waals surface area (Å²) >= 11 is 0. The van der Waals surface area contributed by atoms with E-state index < -0.39 is 10.0 Å². The van der Waals surface area contributed by atoms with Crippen molar-refractivity contribution in [2.24, 2.45) is 5.14 Å². The maximum atomic E-state index is 11.9. The second-order valence-electron chi connectivity index (χ2n) is 6.44. The van der Waals surface area contributed by atoms with Crippen LogP contribution in [0.3, 0.4) is 0 Å². The average molecular weight is 399 g/mol. The fourth-order valence-electron chi connectivity index (χ4n) is 3.25. The van der Waals surface area contributed by atoms with Crippen LogP contribution in [0.5, 0.6) is 5.75 Å². The molecule has 0 unspecified atom stereocenters. The van der Waals surface area contributed by atoms with Gasteiger partial charge >= 0.3 is 5.97 Å². The Morgan fingerprint density at radius 3 is 2.32 bits per heavy atom. The van der Waals surface area contributed by atoms with Gasteiger partial charge in [-0.1, -0.05) is 18.2 Å². The molecule has 0 heterocycles. The van der Waals surface area contributed by atoms with Crippen LogP contribution in [0.15, 0.2) is 52.9 Å². The standard InChI is InChI=1S/C21H21NO5S/c1-13-18(10-14-4-7-16(8-5-14)28(22,24)25)17-9-6-15(26-2)11-20(17)19(13)12-21(23)27-3/h4-11H,12H2,1-3H3,(H2,22,24,25). The Balaban J connectivity index is 2.10. The van der Waals surface area contributed by atoms with Crippen LogP contribution < -0.4 is 9.88 Å². The van der Waals surface area contributed by atoms with Gasteiger partial charge in [0.1, 0.15) is 5.75 Å². The number of hydrogen-bond acceptors (Lipinski definition) is 5. The van der Waals surface area contributed by atoms with Crippen LogP contribution in [0.4, 0.5) is 0 Å². The van der Waals surface area contributed by atoms with Gasteiger partial charge < -0.3 is 9.47 Å². The fourth-order valence-corrected chi connectivity index (χ4v) is 3.77. The molecule has 3 rings (SSSR count). The van der Waals surface area contributed by atoms with Crippen molar-refractivity contribution < 1.29 is 22.7 Å². The van der Waals surface area contributed by atoms with Crippen molar-refractivity contribution in [2.45, 2.75) is 18.2 Å². The molecule has 0 amide bonds. The number of fused-ring (bicyclic) bond motifs is 1. The van der Waals surface area contributed by atoms with Gasteiger partial charge in [-0.25, -0.2) is 13.6 Å². The fraction of sp³-hybridized carbons (Fsp3) is 0.190. The Bertz CT molecular complexity index is 1100. The minimum absolute atomic E-state index is 0.0600. The van der Waals surface area contributed by atoms with Crippen molar-refractivity contribution in [2.75, 3.05) is 14.2 Å². The molecule has 28 heavy (non-hydrogen) atoms. The zero-order chi connectivity index (χ0) is 20.5. The van der Waals surface area contributed by atoms with E-state index in [2.05, 4.69) is 0 Å². The van der Waals surface area contributed by atoms with Gasteiger partial charge in [-0.15, -0.1) is 0 Å². The van der Waals surface area contributed by atoms with E-state index in [1.54, 1.807) is 19.2 Å². The number of esters is 1. The van der Waals surface area contributed by atoms with Crippen LogP contribution in [0.2, 0.25) is 0 Å². The number of hydrogen-bond donors (Lipinski definition) is 1. The molecule has 0 radical (unpaired) electrons. The molecule has 0 spiro atoms. The number of rotatable bonds is 5. The Morgan fingerprint density at radius 2 is 1.75 bits per heavy atom. The minimum Gasteiger partial charge on any atom is -0.497 e. The number of ether oxygens (including phenoxy) is 2. The van der Waals surface area contributed by atoms with Crippen LogP contribution in [-0.4, -0.2) is 28.6 Å². The van der Waals surface area contributed by atoms with E-state index in [1.807, 2.05) is 31.2 Å². The molecular formula is C21H21NO5S. The highest BCUT2D eigenvalue weighted by molar-refractivity contribution is 7.89. The van der Waals surface area contributed by atoms with Gasteiger partial charge in [-0.2, -0.15) is 0 Å². The monoisotopic (exact) mass is 399 g/mol. The number of allylic oxidation sites excluding steroid dienone is 2. The zero-order valence-corrected chi connectivity index (χ0v) is 16.7. The van der Waals surface area contributed by atoms with Crippen LogP contribution in [0, 0.1) is 0 Å². The summed E-state index contributed by atoms with van der Waals surface area (Å²) in [5.41, 5.74) is 5.53. The van der Waals surface area contributed by atoms with Gasteiger partial charge in [0.2, 0.25) is 10.0 Å². The van der Waals surface area contributed by atoms with E-state index in [4.69, 9.17) is 14.6 Å². The van der Waals surface area contributed by atoms with Crippen LogP contribution in [0.25, 0.3) is 17.2 Å². The van der Waals surface area contributed by atoms with Gasteiger partial charge in [-0.05, 0) is 70.7 Å². The summed E-state index contributed by atoms with van der Waals surface area (Å²) in [6.45, 7) is 1.95. The molecule has 2 aromatic carbocycles. The number of methoxy groups -OCH3 is 2.